The molecule has 0 spiro atoms. The summed E-state index contributed by atoms with van der Waals surface area (Å²) in [6.45, 7) is 3.58. The number of carbonyl (C=O) groups excluding carboxylic acids is 1. The highest BCUT2D eigenvalue weighted by Gasteiger charge is 2.46. The number of methoxy groups -OCH3 is 2. The van der Waals surface area contributed by atoms with Gasteiger partial charge in [0.25, 0.3) is 5.91 Å². The fourth-order valence-corrected chi connectivity index (χ4v) is 2.80. The molecule has 2 heterocycles. The van der Waals surface area contributed by atoms with E-state index in [2.05, 4.69) is 9.97 Å². The Kier molecular flexibility index (Phi) is 2.88. The maximum Gasteiger partial charge on any atom is 0.263 e. The van der Waals surface area contributed by atoms with Crippen LogP contribution in [-0.4, -0.2) is 37.1 Å². The van der Waals surface area contributed by atoms with Crippen LogP contribution in [0.4, 0.5) is 5.69 Å². The molecule has 110 valence electrons. The maximum absolute atomic E-state index is 12.4. The van der Waals surface area contributed by atoms with Gasteiger partial charge in [-0.2, -0.15) is 4.98 Å². The largest absolute Gasteiger partial charge is 0.480 e. The summed E-state index contributed by atoms with van der Waals surface area (Å²) in [5.74, 6) is 1.03. The zero-order valence-electron chi connectivity index (χ0n) is 12.7. The molecule has 6 heteroatoms. The van der Waals surface area contributed by atoms with Crippen molar-refractivity contribution in [3.05, 3.63) is 23.5 Å². The Morgan fingerprint density at radius 1 is 1.24 bits per heavy atom. The highest BCUT2D eigenvalue weighted by Crippen LogP contribution is 2.44. The summed E-state index contributed by atoms with van der Waals surface area (Å²) in [6.07, 6.45) is 0. The number of anilines is 1. The molecule has 21 heavy (non-hydrogen) atoms. The minimum absolute atomic E-state index is 0.0982. The first-order chi connectivity index (χ1) is 9.92. The van der Waals surface area contributed by atoms with Crippen LogP contribution >= 0.6 is 0 Å². The molecule has 3 rings (SSSR count). The maximum atomic E-state index is 12.4. The molecule has 1 aliphatic heterocycles. The van der Waals surface area contributed by atoms with E-state index in [1.807, 2.05) is 19.1 Å². The Morgan fingerprint density at radius 3 is 2.57 bits per heavy atom. The van der Waals surface area contributed by atoms with E-state index in [4.69, 9.17) is 9.47 Å². The van der Waals surface area contributed by atoms with E-state index in [1.165, 1.54) is 7.11 Å². The molecule has 0 radical (unpaired) electrons. The highest BCUT2D eigenvalue weighted by molar-refractivity contribution is 6.09. The van der Waals surface area contributed by atoms with Crippen molar-refractivity contribution >= 4 is 22.5 Å². The SMILES string of the molecule is COc1nc(C)nc2cc3c(cc12)N(C)C(=O)C3(C)OC. The monoisotopic (exact) mass is 287 g/mol. The first-order valence-electron chi connectivity index (χ1n) is 6.62. The van der Waals surface area contributed by atoms with Crippen molar-refractivity contribution in [3.63, 3.8) is 0 Å². The van der Waals surface area contributed by atoms with Crippen LogP contribution in [0.15, 0.2) is 12.1 Å². The lowest BCUT2D eigenvalue weighted by atomic mass is 9.96. The number of carbonyl (C=O) groups is 1. The average Bonchev–Trinajstić information content (AvgIpc) is 2.67. The van der Waals surface area contributed by atoms with Gasteiger partial charge in [-0.15, -0.1) is 0 Å². The average molecular weight is 287 g/mol. The number of hydrogen-bond donors (Lipinski definition) is 0. The molecule has 2 aromatic rings. The summed E-state index contributed by atoms with van der Waals surface area (Å²) in [7, 11) is 4.85. The Balaban J connectivity index is 2.37. The third-order valence-electron chi connectivity index (χ3n) is 4.08. The van der Waals surface area contributed by atoms with Gasteiger partial charge in [0, 0.05) is 19.7 Å². The molecule has 0 saturated carbocycles. The second-order valence-corrected chi connectivity index (χ2v) is 5.27. The molecule has 0 fully saturated rings. The Hall–Kier alpha value is -2.21. The molecule has 0 aliphatic carbocycles. The summed E-state index contributed by atoms with van der Waals surface area (Å²) in [4.78, 5) is 22.8. The number of aromatic nitrogens is 2. The van der Waals surface area contributed by atoms with Crippen molar-refractivity contribution in [2.75, 3.05) is 26.2 Å². The second kappa shape index (κ2) is 4.39. The smallest absolute Gasteiger partial charge is 0.263 e. The van der Waals surface area contributed by atoms with E-state index in [9.17, 15) is 4.79 Å². The Bertz CT molecular complexity index is 759. The van der Waals surface area contributed by atoms with E-state index in [0.29, 0.717) is 11.7 Å². The van der Waals surface area contributed by atoms with Gasteiger partial charge in [-0.25, -0.2) is 4.98 Å². The molecule has 6 nitrogen and oxygen atoms in total. The first-order valence-corrected chi connectivity index (χ1v) is 6.62. The van der Waals surface area contributed by atoms with Gasteiger partial charge in [0.15, 0.2) is 5.60 Å². The van der Waals surface area contributed by atoms with Gasteiger partial charge in [0.2, 0.25) is 5.88 Å². The van der Waals surface area contributed by atoms with E-state index < -0.39 is 5.60 Å². The highest BCUT2D eigenvalue weighted by atomic mass is 16.5. The quantitative estimate of drug-likeness (QED) is 0.842. The standard InChI is InChI=1S/C15H17N3O3/c1-8-16-11-7-10-12(6-9(11)13(17-8)20-4)18(3)14(19)15(10,2)21-5/h6-7H,1-5H3. The fourth-order valence-electron chi connectivity index (χ4n) is 2.80. The Labute approximate surface area is 122 Å². The van der Waals surface area contributed by atoms with Crippen molar-refractivity contribution in [1.29, 1.82) is 0 Å². The topological polar surface area (TPSA) is 64.6 Å². The molecule has 0 saturated heterocycles. The first kappa shape index (κ1) is 13.8. The summed E-state index contributed by atoms with van der Waals surface area (Å²) >= 11 is 0. The zero-order valence-corrected chi connectivity index (χ0v) is 12.7. The van der Waals surface area contributed by atoms with Crippen molar-refractivity contribution in [2.24, 2.45) is 0 Å². The van der Waals surface area contributed by atoms with Gasteiger partial charge in [-0.1, -0.05) is 0 Å². The van der Waals surface area contributed by atoms with E-state index in [1.54, 1.807) is 26.0 Å². The van der Waals surface area contributed by atoms with E-state index in [0.717, 1.165) is 22.2 Å². The van der Waals surface area contributed by atoms with Gasteiger partial charge >= 0.3 is 0 Å². The van der Waals surface area contributed by atoms with Gasteiger partial charge < -0.3 is 14.4 Å². The zero-order chi connectivity index (χ0) is 15.4. The predicted octanol–water partition coefficient (Wildman–Crippen LogP) is 1.78. The Morgan fingerprint density at radius 2 is 1.95 bits per heavy atom. The molecule has 1 aromatic heterocycles. The summed E-state index contributed by atoms with van der Waals surface area (Å²) in [6, 6.07) is 3.76. The van der Waals surface area contributed by atoms with Crippen LogP contribution in [0.25, 0.3) is 10.9 Å². The van der Waals surface area contributed by atoms with Crippen LogP contribution < -0.4 is 9.64 Å². The molecule has 1 unspecified atom stereocenters. The minimum Gasteiger partial charge on any atom is -0.480 e. The number of ether oxygens (including phenoxy) is 2. The number of benzene rings is 1. The minimum atomic E-state index is -0.982. The van der Waals surface area contributed by atoms with Gasteiger partial charge in [-0.05, 0) is 26.0 Å². The third-order valence-corrected chi connectivity index (χ3v) is 4.08. The number of likely N-dealkylation sites (N-methyl/N-ethyl adjacent to an activating group) is 1. The number of aryl methyl sites for hydroxylation is 1. The normalized spacial score (nSPS) is 21.0. The lowest BCUT2D eigenvalue weighted by molar-refractivity contribution is -0.137. The van der Waals surface area contributed by atoms with Crippen molar-refractivity contribution in [1.82, 2.24) is 9.97 Å². The van der Waals surface area contributed by atoms with Crippen LogP contribution in [0.3, 0.4) is 0 Å². The van der Waals surface area contributed by atoms with Crippen LogP contribution in [0.1, 0.15) is 18.3 Å². The number of fused-ring (bicyclic) bond motifs is 2. The van der Waals surface area contributed by atoms with Gasteiger partial charge in [0.1, 0.15) is 5.82 Å². The van der Waals surface area contributed by atoms with Crippen molar-refractivity contribution < 1.29 is 14.3 Å². The lowest BCUT2D eigenvalue weighted by Crippen LogP contribution is -2.37. The van der Waals surface area contributed by atoms with Gasteiger partial charge in [-0.3, -0.25) is 4.79 Å². The number of amides is 1. The van der Waals surface area contributed by atoms with E-state index in [-0.39, 0.29) is 5.91 Å². The molecule has 1 amide bonds. The summed E-state index contributed by atoms with van der Waals surface area (Å²) < 4.78 is 10.8. The molecule has 0 bridgehead atoms. The molecular formula is C15H17N3O3. The molecule has 1 aliphatic rings. The van der Waals surface area contributed by atoms with Crippen LogP contribution in [0, 0.1) is 6.92 Å². The lowest BCUT2D eigenvalue weighted by Gasteiger charge is -2.21. The van der Waals surface area contributed by atoms with Crippen molar-refractivity contribution in [3.8, 4) is 5.88 Å². The number of rotatable bonds is 2. The van der Waals surface area contributed by atoms with Gasteiger partial charge in [0.05, 0.1) is 23.7 Å². The number of nitrogens with zero attached hydrogens (tertiary/aromatic N) is 3. The summed E-state index contributed by atoms with van der Waals surface area (Å²) in [5.41, 5.74) is 1.36. The fraction of sp³-hybridized carbons (Fsp3) is 0.400. The number of hydrogen-bond acceptors (Lipinski definition) is 5. The molecule has 1 aromatic carbocycles. The van der Waals surface area contributed by atoms with Crippen LogP contribution in [0.2, 0.25) is 0 Å². The second-order valence-electron chi connectivity index (χ2n) is 5.27. The van der Waals surface area contributed by atoms with Crippen molar-refractivity contribution in [2.45, 2.75) is 19.4 Å². The van der Waals surface area contributed by atoms with Crippen LogP contribution in [-0.2, 0) is 15.1 Å². The predicted molar refractivity (Wildman–Crippen MR) is 78.6 cm³/mol. The van der Waals surface area contributed by atoms with E-state index >= 15 is 0 Å². The molecule has 1 atom stereocenters. The third kappa shape index (κ3) is 1.72. The summed E-state index contributed by atoms with van der Waals surface area (Å²) in [5, 5.41) is 0.779. The van der Waals surface area contributed by atoms with Crippen LogP contribution in [0.5, 0.6) is 5.88 Å². The molecule has 0 N–H and O–H groups in total. The molecular weight excluding hydrogens is 270 g/mol.